The average molecular weight is 267 g/mol. The van der Waals surface area contributed by atoms with Crippen LogP contribution >= 0.6 is 0 Å². The first kappa shape index (κ1) is 13.7. The number of aliphatic hydroxyl groups excluding tert-OH is 1. The fraction of sp³-hybridized carbons (Fsp3) is 0.538. The topological polar surface area (TPSA) is 56.7 Å². The molecule has 2 atom stereocenters. The number of aromatic nitrogens is 1. The van der Waals surface area contributed by atoms with E-state index in [9.17, 15) is 14.3 Å². The van der Waals surface area contributed by atoms with Crippen molar-refractivity contribution < 1.29 is 14.3 Å². The van der Waals surface area contributed by atoms with Gasteiger partial charge < -0.3 is 14.9 Å². The summed E-state index contributed by atoms with van der Waals surface area (Å²) in [5.41, 5.74) is 0.425. The molecule has 1 fully saturated rings. The van der Waals surface area contributed by atoms with E-state index in [1.807, 2.05) is 0 Å². The van der Waals surface area contributed by atoms with Crippen molar-refractivity contribution in [3.63, 3.8) is 0 Å². The molecule has 0 aromatic carbocycles. The van der Waals surface area contributed by atoms with Gasteiger partial charge in [-0.3, -0.25) is 9.78 Å². The predicted molar refractivity (Wildman–Crippen MR) is 69.2 cm³/mol. The van der Waals surface area contributed by atoms with Crippen LogP contribution in [0.2, 0.25) is 0 Å². The molecule has 19 heavy (non-hydrogen) atoms. The second kappa shape index (κ2) is 5.52. The highest BCUT2D eigenvalue weighted by Crippen LogP contribution is 2.27. The minimum atomic E-state index is -0.614. The Morgan fingerprint density at radius 3 is 2.95 bits per heavy atom. The lowest BCUT2D eigenvalue weighted by atomic mass is 10.0. The lowest BCUT2D eigenvalue weighted by Gasteiger charge is -2.19. The normalized spacial score (nSPS) is 22.6. The van der Waals surface area contributed by atoms with Crippen molar-refractivity contribution in [2.24, 2.45) is 5.92 Å². The summed E-state index contributed by atoms with van der Waals surface area (Å²) in [7, 11) is 3.37. The molecule has 1 aliphatic heterocycles. The number of hydrogen-bond acceptors (Lipinski definition) is 4. The van der Waals surface area contributed by atoms with Crippen LogP contribution in [0.1, 0.15) is 6.42 Å². The van der Waals surface area contributed by atoms with Crippen molar-refractivity contribution in [2.75, 3.05) is 32.1 Å². The SMILES string of the molecule is CN(C)C(=O)C[C@@H]1CN(c2ccncc2F)C[C@H]1O. The second-order valence-electron chi connectivity index (χ2n) is 5.05. The highest BCUT2D eigenvalue weighted by atomic mass is 19.1. The molecule has 0 aliphatic carbocycles. The molecule has 0 radical (unpaired) electrons. The minimum Gasteiger partial charge on any atom is -0.391 e. The Kier molecular flexibility index (Phi) is 3.99. The molecule has 1 aliphatic rings. The van der Waals surface area contributed by atoms with Crippen molar-refractivity contribution in [2.45, 2.75) is 12.5 Å². The number of halogens is 1. The molecule has 1 N–H and O–H groups in total. The largest absolute Gasteiger partial charge is 0.391 e. The first-order valence-electron chi connectivity index (χ1n) is 6.21. The Labute approximate surface area is 111 Å². The van der Waals surface area contributed by atoms with E-state index in [2.05, 4.69) is 4.98 Å². The maximum absolute atomic E-state index is 13.6. The van der Waals surface area contributed by atoms with E-state index >= 15 is 0 Å². The second-order valence-corrected chi connectivity index (χ2v) is 5.05. The molecule has 104 valence electrons. The molecule has 0 saturated carbocycles. The van der Waals surface area contributed by atoms with Crippen LogP contribution in [0.3, 0.4) is 0 Å². The van der Waals surface area contributed by atoms with Gasteiger partial charge in [-0.15, -0.1) is 0 Å². The maximum atomic E-state index is 13.6. The molecule has 1 saturated heterocycles. The molecule has 2 rings (SSSR count). The molecule has 1 amide bonds. The van der Waals surface area contributed by atoms with Gasteiger partial charge >= 0.3 is 0 Å². The molecule has 2 heterocycles. The number of aliphatic hydroxyl groups is 1. The van der Waals surface area contributed by atoms with Crippen molar-refractivity contribution in [3.05, 3.63) is 24.3 Å². The van der Waals surface area contributed by atoms with Crippen LogP contribution in [0.15, 0.2) is 18.5 Å². The summed E-state index contributed by atoms with van der Waals surface area (Å²) in [6, 6.07) is 1.58. The van der Waals surface area contributed by atoms with Crippen molar-refractivity contribution in [1.82, 2.24) is 9.88 Å². The van der Waals surface area contributed by atoms with Crippen LogP contribution in [0, 0.1) is 11.7 Å². The number of β-amino-alcohol motifs (C(OH)–C–C–N with tert-alkyl or cyclic N) is 1. The lowest BCUT2D eigenvalue weighted by Crippen LogP contribution is -2.28. The Morgan fingerprint density at radius 1 is 1.58 bits per heavy atom. The van der Waals surface area contributed by atoms with Crippen molar-refractivity contribution >= 4 is 11.6 Å². The molecular formula is C13H18FN3O2. The van der Waals surface area contributed by atoms with Crippen LogP contribution in [0.25, 0.3) is 0 Å². The zero-order chi connectivity index (χ0) is 14.0. The fourth-order valence-electron chi connectivity index (χ4n) is 2.28. The predicted octanol–water partition coefficient (Wildman–Crippen LogP) is 0.496. The van der Waals surface area contributed by atoms with E-state index in [-0.39, 0.29) is 18.2 Å². The van der Waals surface area contributed by atoms with E-state index in [1.165, 1.54) is 11.1 Å². The van der Waals surface area contributed by atoms with Crippen LogP contribution < -0.4 is 4.90 Å². The summed E-state index contributed by atoms with van der Waals surface area (Å²) in [6.07, 6.45) is 2.33. The van der Waals surface area contributed by atoms with Gasteiger partial charge in [0.25, 0.3) is 0 Å². The minimum absolute atomic E-state index is 0.0268. The van der Waals surface area contributed by atoms with Gasteiger partial charge in [-0.1, -0.05) is 0 Å². The standard InChI is InChI=1S/C13H18FN3O2/c1-16(2)13(19)5-9-7-17(8-12(9)18)11-3-4-15-6-10(11)14/h3-4,6,9,12,18H,5,7-8H2,1-2H3/t9-,12-/m1/s1. The Balaban J connectivity index is 2.05. The number of hydrogen-bond donors (Lipinski definition) is 1. The zero-order valence-corrected chi connectivity index (χ0v) is 11.1. The number of carbonyl (C=O) groups excluding carboxylic acids is 1. The summed E-state index contributed by atoms with van der Waals surface area (Å²) in [6.45, 7) is 0.813. The molecule has 0 bridgehead atoms. The van der Waals surface area contributed by atoms with Crippen LogP contribution in [0.4, 0.5) is 10.1 Å². The van der Waals surface area contributed by atoms with E-state index in [1.54, 1.807) is 25.1 Å². The molecule has 1 aromatic rings. The third kappa shape index (κ3) is 3.01. The van der Waals surface area contributed by atoms with Gasteiger partial charge in [-0.05, 0) is 6.07 Å². The number of pyridine rings is 1. The van der Waals surface area contributed by atoms with Crippen LogP contribution in [-0.2, 0) is 4.79 Å². The summed E-state index contributed by atoms with van der Waals surface area (Å²) in [5, 5.41) is 9.99. The zero-order valence-electron chi connectivity index (χ0n) is 11.1. The first-order chi connectivity index (χ1) is 8.99. The monoisotopic (exact) mass is 267 g/mol. The smallest absolute Gasteiger partial charge is 0.222 e. The number of anilines is 1. The molecule has 0 spiro atoms. The highest BCUT2D eigenvalue weighted by Gasteiger charge is 2.34. The Bertz CT molecular complexity index is 467. The third-order valence-corrected chi connectivity index (χ3v) is 3.43. The molecule has 6 heteroatoms. The van der Waals surface area contributed by atoms with Gasteiger partial charge in [0.15, 0.2) is 5.82 Å². The van der Waals surface area contributed by atoms with Gasteiger partial charge in [0.05, 0.1) is 18.0 Å². The lowest BCUT2D eigenvalue weighted by molar-refractivity contribution is -0.130. The quantitative estimate of drug-likeness (QED) is 0.866. The average Bonchev–Trinajstić information content (AvgIpc) is 2.71. The van der Waals surface area contributed by atoms with Crippen molar-refractivity contribution in [3.8, 4) is 0 Å². The van der Waals surface area contributed by atoms with E-state index < -0.39 is 11.9 Å². The molecule has 1 aromatic heterocycles. The van der Waals surface area contributed by atoms with Gasteiger partial charge in [0.1, 0.15) is 0 Å². The number of amides is 1. The molecule has 5 nitrogen and oxygen atoms in total. The highest BCUT2D eigenvalue weighted by molar-refractivity contribution is 5.76. The summed E-state index contributed by atoms with van der Waals surface area (Å²) in [5.74, 6) is -0.599. The fourth-order valence-corrected chi connectivity index (χ4v) is 2.28. The third-order valence-electron chi connectivity index (χ3n) is 3.43. The Hall–Kier alpha value is -1.69. The van der Waals surface area contributed by atoms with Crippen LogP contribution in [0.5, 0.6) is 0 Å². The Morgan fingerprint density at radius 2 is 2.32 bits per heavy atom. The van der Waals surface area contributed by atoms with E-state index in [0.717, 1.165) is 6.20 Å². The number of nitrogens with zero attached hydrogens (tertiary/aromatic N) is 3. The summed E-state index contributed by atoms with van der Waals surface area (Å²) >= 11 is 0. The van der Waals surface area contributed by atoms with Gasteiger partial charge in [-0.2, -0.15) is 0 Å². The van der Waals surface area contributed by atoms with Gasteiger partial charge in [0, 0.05) is 45.7 Å². The molecule has 0 unspecified atom stereocenters. The van der Waals surface area contributed by atoms with E-state index in [0.29, 0.717) is 18.8 Å². The van der Waals surface area contributed by atoms with E-state index in [4.69, 9.17) is 0 Å². The molecular weight excluding hydrogens is 249 g/mol. The van der Waals surface area contributed by atoms with Gasteiger partial charge in [0.2, 0.25) is 5.91 Å². The van der Waals surface area contributed by atoms with Crippen LogP contribution in [-0.4, -0.2) is 54.2 Å². The maximum Gasteiger partial charge on any atom is 0.222 e. The number of carbonyl (C=O) groups is 1. The summed E-state index contributed by atoms with van der Waals surface area (Å²) < 4.78 is 13.6. The van der Waals surface area contributed by atoms with Gasteiger partial charge in [-0.25, -0.2) is 4.39 Å². The summed E-state index contributed by atoms with van der Waals surface area (Å²) in [4.78, 5) is 18.6. The number of rotatable bonds is 3. The van der Waals surface area contributed by atoms with Crippen molar-refractivity contribution in [1.29, 1.82) is 0 Å². The first-order valence-corrected chi connectivity index (χ1v) is 6.21.